The van der Waals surface area contributed by atoms with E-state index in [1.165, 1.54) is 12.1 Å². The standard InChI is InChI=1S/C26H29ClFN5O2.C2H6.CH4O/c1-3-5-22(33-26-31-12-13-34-26)15-19(16-29)25(30-2)32-21-8-10-23(27)24(11-9-21)35-17-18-6-4-7-20(28)14-18;2*1-2/h3-7,9-11,14-15H,1,8,12-13,16-17,29H2,2H3,(H,30,32)(H,31,33);1-2H3;2H,1H3/b19-15+,22-5+;;. The number of rotatable bonds is 9. The molecule has 2 aliphatic rings. The van der Waals surface area contributed by atoms with Crippen LogP contribution < -0.4 is 16.4 Å². The molecule has 3 rings (SSSR count). The van der Waals surface area contributed by atoms with Crippen LogP contribution in [0.1, 0.15) is 25.8 Å². The van der Waals surface area contributed by atoms with E-state index in [-0.39, 0.29) is 19.0 Å². The lowest BCUT2D eigenvalue weighted by molar-refractivity contribution is 0.209. The highest BCUT2D eigenvalue weighted by Crippen LogP contribution is 2.23. The van der Waals surface area contributed by atoms with Gasteiger partial charge in [0.15, 0.2) is 0 Å². The Balaban J connectivity index is 0.00000181. The summed E-state index contributed by atoms with van der Waals surface area (Å²) in [5.74, 6) is 0.788. The molecule has 0 atom stereocenters. The summed E-state index contributed by atoms with van der Waals surface area (Å²) in [6.07, 6.45) is 11.3. The number of hydrogen-bond acceptors (Lipinski definition) is 7. The zero-order valence-corrected chi connectivity index (χ0v) is 23.8. The Labute approximate surface area is 235 Å². The summed E-state index contributed by atoms with van der Waals surface area (Å²) < 4.78 is 24.7. The van der Waals surface area contributed by atoms with Gasteiger partial charge in [-0.3, -0.25) is 4.99 Å². The summed E-state index contributed by atoms with van der Waals surface area (Å²) >= 11 is 6.42. The average molecular weight is 560 g/mol. The first kappa shape index (κ1) is 33.4. The maximum absolute atomic E-state index is 13.4. The minimum absolute atomic E-state index is 0.201. The van der Waals surface area contributed by atoms with E-state index in [0.29, 0.717) is 47.8 Å². The Morgan fingerprint density at radius 1 is 1.31 bits per heavy atom. The van der Waals surface area contributed by atoms with E-state index < -0.39 is 0 Å². The van der Waals surface area contributed by atoms with Crippen molar-refractivity contribution in [3.05, 3.63) is 106 Å². The van der Waals surface area contributed by atoms with Gasteiger partial charge in [0.1, 0.15) is 30.6 Å². The number of aliphatic imine (C=N–C) groups is 2. The maximum Gasteiger partial charge on any atom is 0.289 e. The van der Waals surface area contributed by atoms with Crippen LogP contribution >= 0.6 is 11.6 Å². The van der Waals surface area contributed by atoms with E-state index in [0.717, 1.165) is 24.1 Å². The van der Waals surface area contributed by atoms with E-state index in [1.807, 2.05) is 32.1 Å². The summed E-state index contributed by atoms with van der Waals surface area (Å²) in [6.45, 7) is 9.37. The summed E-state index contributed by atoms with van der Waals surface area (Å²) in [6, 6.07) is 6.71. The molecule has 0 aromatic heterocycles. The van der Waals surface area contributed by atoms with Crippen LogP contribution in [-0.4, -0.2) is 50.8 Å². The van der Waals surface area contributed by atoms with E-state index >= 15 is 0 Å². The first-order chi connectivity index (χ1) is 19.0. The summed E-state index contributed by atoms with van der Waals surface area (Å²) in [4.78, 5) is 8.63. The number of allylic oxidation sites excluding steroid dienone is 7. The molecule has 10 heteroatoms. The van der Waals surface area contributed by atoms with Crippen molar-refractivity contribution < 1.29 is 19.0 Å². The number of ether oxygens (including phenoxy) is 2. The Bertz CT molecular complexity index is 1150. The van der Waals surface area contributed by atoms with Gasteiger partial charge in [0.2, 0.25) is 0 Å². The molecule has 0 amide bonds. The molecule has 0 bridgehead atoms. The lowest BCUT2D eigenvalue weighted by Crippen LogP contribution is -2.29. The molecule has 0 unspecified atom stereocenters. The topological polar surface area (TPSA) is 113 Å². The van der Waals surface area contributed by atoms with Gasteiger partial charge in [-0.1, -0.05) is 56.3 Å². The molecule has 1 aromatic rings. The van der Waals surface area contributed by atoms with Gasteiger partial charge in [0.25, 0.3) is 6.02 Å². The third-order valence-electron chi connectivity index (χ3n) is 4.95. The van der Waals surface area contributed by atoms with Crippen LogP contribution in [-0.2, 0) is 16.1 Å². The smallest absolute Gasteiger partial charge is 0.289 e. The molecule has 0 saturated carbocycles. The van der Waals surface area contributed by atoms with Gasteiger partial charge in [-0.25, -0.2) is 9.38 Å². The number of halogens is 2. The van der Waals surface area contributed by atoms with E-state index in [2.05, 4.69) is 27.2 Å². The molecular weight excluding hydrogens is 521 g/mol. The summed E-state index contributed by atoms with van der Waals surface area (Å²) in [5.41, 5.74) is 9.08. The fourth-order valence-corrected chi connectivity index (χ4v) is 3.45. The highest BCUT2D eigenvalue weighted by atomic mass is 35.5. The molecule has 0 fully saturated rings. The van der Waals surface area contributed by atoms with Crippen molar-refractivity contribution in [2.24, 2.45) is 15.7 Å². The number of aliphatic hydroxyl groups is 1. The zero-order chi connectivity index (χ0) is 29.0. The Kier molecular flexibility index (Phi) is 16.6. The average Bonchev–Trinajstić information content (AvgIpc) is 3.41. The lowest BCUT2D eigenvalue weighted by atomic mass is 10.1. The molecule has 0 radical (unpaired) electrons. The Morgan fingerprint density at radius 2 is 2.08 bits per heavy atom. The molecule has 0 spiro atoms. The van der Waals surface area contributed by atoms with Crippen molar-refractivity contribution in [3.8, 4) is 0 Å². The first-order valence-corrected chi connectivity index (χ1v) is 12.9. The number of benzene rings is 1. The third kappa shape index (κ3) is 11.7. The van der Waals surface area contributed by atoms with Gasteiger partial charge in [-0.2, -0.15) is 0 Å². The van der Waals surface area contributed by atoms with E-state index in [4.69, 9.17) is 31.9 Å². The SMILES string of the molecule is C=C/C=C(\C=C(/CN)C(=NC)NC1=CC=C(OCc2cccc(F)c2)C(Cl)=CC1)NC1=NCCO1.CC.CO. The van der Waals surface area contributed by atoms with Crippen molar-refractivity contribution in [2.45, 2.75) is 26.9 Å². The van der Waals surface area contributed by atoms with Crippen molar-refractivity contribution in [1.82, 2.24) is 10.6 Å². The summed E-state index contributed by atoms with van der Waals surface area (Å²) in [5, 5.41) is 13.9. The molecule has 5 N–H and O–H groups in total. The number of amidine groups is 2. The molecule has 1 aliphatic heterocycles. The van der Waals surface area contributed by atoms with Crippen LogP contribution in [0.2, 0.25) is 0 Å². The minimum Gasteiger partial charge on any atom is -0.487 e. The zero-order valence-electron chi connectivity index (χ0n) is 23.0. The second-order valence-electron chi connectivity index (χ2n) is 7.49. The molecule has 1 aliphatic carbocycles. The molecule has 8 nitrogen and oxygen atoms in total. The van der Waals surface area contributed by atoms with Crippen LogP contribution in [0.3, 0.4) is 0 Å². The Hall–Kier alpha value is -3.66. The van der Waals surface area contributed by atoms with Gasteiger partial charge in [-0.15, -0.1) is 0 Å². The lowest BCUT2D eigenvalue weighted by Gasteiger charge is -2.15. The van der Waals surface area contributed by atoms with Crippen molar-refractivity contribution in [2.75, 3.05) is 33.9 Å². The number of nitrogens with zero attached hydrogens (tertiary/aromatic N) is 2. The van der Waals surface area contributed by atoms with Crippen LogP contribution in [0.5, 0.6) is 0 Å². The Morgan fingerprint density at radius 3 is 2.69 bits per heavy atom. The number of hydrogen-bond donors (Lipinski definition) is 4. The highest BCUT2D eigenvalue weighted by Gasteiger charge is 2.13. The molecule has 39 heavy (non-hydrogen) atoms. The van der Waals surface area contributed by atoms with Gasteiger partial charge >= 0.3 is 0 Å². The van der Waals surface area contributed by atoms with Crippen molar-refractivity contribution in [1.29, 1.82) is 0 Å². The predicted octanol–water partition coefficient (Wildman–Crippen LogP) is 4.82. The summed E-state index contributed by atoms with van der Waals surface area (Å²) in [7, 11) is 2.68. The number of nitrogens with two attached hydrogens (primary N) is 1. The number of nitrogens with one attached hydrogen (secondary N) is 2. The van der Waals surface area contributed by atoms with Gasteiger partial charge in [0.05, 0.1) is 11.6 Å². The van der Waals surface area contributed by atoms with Crippen molar-refractivity contribution in [3.63, 3.8) is 0 Å². The highest BCUT2D eigenvalue weighted by molar-refractivity contribution is 6.31. The van der Waals surface area contributed by atoms with Crippen LogP contribution in [0.25, 0.3) is 0 Å². The molecule has 0 saturated heterocycles. The van der Waals surface area contributed by atoms with Crippen LogP contribution in [0, 0.1) is 5.82 Å². The largest absolute Gasteiger partial charge is 0.487 e. The molecular formula is C29H39ClFN5O3. The minimum atomic E-state index is -0.311. The van der Waals surface area contributed by atoms with Crippen LogP contribution in [0.15, 0.2) is 105 Å². The van der Waals surface area contributed by atoms with E-state index in [1.54, 1.807) is 37.4 Å². The normalized spacial score (nSPS) is 15.4. The van der Waals surface area contributed by atoms with Gasteiger partial charge in [-0.05, 0) is 42.0 Å². The van der Waals surface area contributed by atoms with Gasteiger partial charge < -0.3 is 30.9 Å². The first-order valence-electron chi connectivity index (χ1n) is 12.5. The maximum atomic E-state index is 13.4. The van der Waals surface area contributed by atoms with Gasteiger partial charge in [0, 0.05) is 44.1 Å². The second kappa shape index (κ2) is 19.4. The third-order valence-corrected chi connectivity index (χ3v) is 5.29. The second-order valence-corrected chi connectivity index (χ2v) is 7.89. The van der Waals surface area contributed by atoms with Crippen molar-refractivity contribution >= 4 is 23.5 Å². The van der Waals surface area contributed by atoms with E-state index in [9.17, 15) is 4.39 Å². The quantitative estimate of drug-likeness (QED) is 0.196. The molecule has 1 aromatic carbocycles. The molecule has 212 valence electrons. The fraction of sp³-hybridized carbons (Fsp3) is 0.310. The number of aliphatic hydroxyl groups excluding tert-OH is 1. The fourth-order valence-electron chi connectivity index (χ4n) is 3.25. The monoisotopic (exact) mass is 559 g/mol. The molecule has 1 heterocycles. The predicted molar refractivity (Wildman–Crippen MR) is 159 cm³/mol. The van der Waals surface area contributed by atoms with Crippen LogP contribution in [0.4, 0.5) is 4.39 Å².